The fourth-order valence-electron chi connectivity index (χ4n) is 3.26. The molecule has 2 aromatic rings. The molecule has 1 atom stereocenters. The highest BCUT2D eigenvalue weighted by molar-refractivity contribution is 7.98. The van der Waals surface area contributed by atoms with Crippen molar-refractivity contribution in [2.45, 2.75) is 11.8 Å². The van der Waals surface area contributed by atoms with E-state index in [1.807, 2.05) is 30.3 Å². The molecule has 9 heteroatoms. The Kier molecular flexibility index (Phi) is 6.60. The summed E-state index contributed by atoms with van der Waals surface area (Å²) in [4.78, 5) is 38.0. The summed E-state index contributed by atoms with van der Waals surface area (Å²) in [6.45, 7) is 0.954. The van der Waals surface area contributed by atoms with Crippen LogP contribution in [-0.4, -0.2) is 64.1 Å². The summed E-state index contributed by atoms with van der Waals surface area (Å²) in [5.74, 6) is -1.46. The van der Waals surface area contributed by atoms with E-state index in [0.29, 0.717) is 25.4 Å². The molecular formula is C20H22N2O6S. The number of aromatic carboxylic acids is 1. The second-order valence-corrected chi connectivity index (χ2v) is 7.71. The molecule has 0 radical (unpaired) electrons. The molecule has 1 aliphatic rings. The standard InChI is InChI=1S/C20H22N2O6S/c1-28-8-7-21-9-14(12-29-11-13-5-3-2-4-6-13)22-10-15(20(26)27)17(23)18(24)16(22)19(21)25/h2-6,10,14,24H,7-9,11-12H2,1H3,(H,26,27). The van der Waals surface area contributed by atoms with Gasteiger partial charge in [-0.3, -0.25) is 9.59 Å². The molecular weight excluding hydrogens is 396 g/mol. The van der Waals surface area contributed by atoms with E-state index in [-0.39, 0.29) is 11.7 Å². The van der Waals surface area contributed by atoms with Crippen molar-refractivity contribution in [2.24, 2.45) is 0 Å². The molecule has 0 spiro atoms. The van der Waals surface area contributed by atoms with Crippen LogP contribution in [-0.2, 0) is 10.5 Å². The molecule has 1 amide bonds. The lowest BCUT2D eigenvalue weighted by Crippen LogP contribution is -2.46. The summed E-state index contributed by atoms with van der Waals surface area (Å²) < 4.78 is 6.49. The lowest BCUT2D eigenvalue weighted by Gasteiger charge is -2.36. The summed E-state index contributed by atoms with van der Waals surface area (Å²) in [6, 6.07) is 9.59. The zero-order valence-corrected chi connectivity index (χ0v) is 16.7. The monoisotopic (exact) mass is 418 g/mol. The molecule has 2 heterocycles. The van der Waals surface area contributed by atoms with Crippen molar-refractivity contribution in [1.29, 1.82) is 0 Å². The van der Waals surface area contributed by atoms with E-state index in [0.717, 1.165) is 11.3 Å². The van der Waals surface area contributed by atoms with Crippen LogP contribution in [0.25, 0.3) is 0 Å². The van der Waals surface area contributed by atoms with Crippen LogP contribution in [0.5, 0.6) is 5.75 Å². The molecule has 1 aliphatic heterocycles. The van der Waals surface area contributed by atoms with Gasteiger partial charge in [0.05, 0.1) is 12.6 Å². The van der Waals surface area contributed by atoms with Crippen LogP contribution in [0.1, 0.15) is 32.5 Å². The Labute approximate surface area is 171 Å². The Morgan fingerprint density at radius 1 is 1.28 bits per heavy atom. The number of ether oxygens (including phenoxy) is 1. The Morgan fingerprint density at radius 2 is 2.00 bits per heavy atom. The van der Waals surface area contributed by atoms with Gasteiger partial charge in [-0.1, -0.05) is 30.3 Å². The summed E-state index contributed by atoms with van der Waals surface area (Å²) in [5.41, 5.74) is -0.633. The molecule has 1 aromatic carbocycles. The van der Waals surface area contributed by atoms with Crippen molar-refractivity contribution in [3.05, 3.63) is 63.6 Å². The molecule has 1 unspecified atom stereocenters. The zero-order valence-electron chi connectivity index (χ0n) is 15.9. The number of carboxylic acid groups (broad SMARTS) is 1. The summed E-state index contributed by atoms with van der Waals surface area (Å²) in [5, 5.41) is 19.6. The van der Waals surface area contributed by atoms with Crippen molar-refractivity contribution < 1.29 is 24.5 Å². The fraction of sp³-hybridized carbons (Fsp3) is 0.350. The van der Waals surface area contributed by atoms with Crippen LogP contribution in [0, 0.1) is 0 Å². The van der Waals surface area contributed by atoms with Gasteiger partial charge in [-0.2, -0.15) is 11.8 Å². The fourth-order valence-corrected chi connectivity index (χ4v) is 4.35. The molecule has 2 N–H and O–H groups in total. The van der Waals surface area contributed by atoms with E-state index in [1.54, 1.807) is 11.8 Å². The zero-order chi connectivity index (χ0) is 21.0. The maximum Gasteiger partial charge on any atom is 0.341 e. The van der Waals surface area contributed by atoms with Crippen molar-refractivity contribution in [2.75, 3.05) is 32.6 Å². The normalized spacial score (nSPS) is 16.0. The van der Waals surface area contributed by atoms with Crippen LogP contribution in [0.4, 0.5) is 0 Å². The molecule has 8 nitrogen and oxygen atoms in total. The van der Waals surface area contributed by atoms with Gasteiger partial charge in [0.15, 0.2) is 11.4 Å². The minimum Gasteiger partial charge on any atom is -0.503 e. The SMILES string of the molecule is COCCN1CC(CSCc2ccccc2)n2cc(C(=O)O)c(=O)c(O)c2C1=O. The number of amides is 1. The maximum absolute atomic E-state index is 12.8. The number of nitrogens with zero attached hydrogens (tertiary/aromatic N) is 2. The molecule has 29 heavy (non-hydrogen) atoms. The number of methoxy groups -OCH3 is 1. The number of carboxylic acids is 1. The van der Waals surface area contributed by atoms with Gasteiger partial charge in [0.1, 0.15) is 5.56 Å². The number of thioether (sulfide) groups is 1. The van der Waals surface area contributed by atoms with Crippen LogP contribution in [0.2, 0.25) is 0 Å². The summed E-state index contributed by atoms with van der Waals surface area (Å²) >= 11 is 1.63. The molecule has 0 saturated carbocycles. The first-order valence-electron chi connectivity index (χ1n) is 9.05. The first-order valence-corrected chi connectivity index (χ1v) is 10.2. The number of carbonyl (C=O) groups excluding carboxylic acids is 1. The minimum atomic E-state index is -1.44. The van der Waals surface area contributed by atoms with E-state index in [9.17, 15) is 24.6 Å². The van der Waals surface area contributed by atoms with Gasteiger partial charge in [-0.25, -0.2) is 4.79 Å². The summed E-state index contributed by atoms with van der Waals surface area (Å²) in [6.07, 6.45) is 1.17. The lowest BCUT2D eigenvalue weighted by molar-refractivity contribution is 0.0597. The average molecular weight is 418 g/mol. The largest absolute Gasteiger partial charge is 0.503 e. The Morgan fingerprint density at radius 3 is 2.66 bits per heavy atom. The number of aromatic hydroxyl groups is 1. The molecule has 0 saturated heterocycles. The second kappa shape index (κ2) is 9.15. The van der Waals surface area contributed by atoms with Crippen molar-refractivity contribution in [3.8, 4) is 5.75 Å². The van der Waals surface area contributed by atoms with Gasteiger partial charge in [-0.15, -0.1) is 0 Å². The first kappa shape index (κ1) is 20.9. The van der Waals surface area contributed by atoms with E-state index in [2.05, 4.69) is 0 Å². The lowest BCUT2D eigenvalue weighted by atomic mass is 10.1. The average Bonchev–Trinajstić information content (AvgIpc) is 2.71. The van der Waals surface area contributed by atoms with E-state index >= 15 is 0 Å². The van der Waals surface area contributed by atoms with Crippen molar-refractivity contribution in [3.63, 3.8) is 0 Å². The number of rotatable bonds is 8. The number of pyridine rings is 1. The maximum atomic E-state index is 12.8. The van der Waals surface area contributed by atoms with Crippen molar-refractivity contribution in [1.82, 2.24) is 9.47 Å². The summed E-state index contributed by atoms with van der Waals surface area (Å²) in [7, 11) is 1.52. The molecule has 154 valence electrons. The van der Waals surface area contributed by atoms with Gasteiger partial charge in [0, 0.05) is 37.9 Å². The third-order valence-corrected chi connectivity index (χ3v) is 5.90. The Balaban J connectivity index is 1.92. The Bertz CT molecular complexity index is 959. The Hall–Kier alpha value is -2.78. The van der Waals surface area contributed by atoms with E-state index in [1.165, 1.54) is 22.8 Å². The van der Waals surface area contributed by atoms with Crippen LogP contribution in [0.3, 0.4) is 0 Å². The quantitative estimate of drug-likeness (QED) is 0.673. The predicted molar refractivity (Wildman–Crippen MR) is 109 cm³/mol. The van der Waals surface area contributed by atoms with Gasteiger partial charge in [-0.05, 0) is 5.56 Å². The van der Waals surface area contributed by atoms with Crippen LogP contribution < -0.4 is 5.43 Å². The number of benzene rings is 1. The highest BCUT2D eigenvalue weighted by atomic mass is 32.2. The van der Waals surface area contributed by atoms with Crippen LogP contribution in [0.15, 0.2) is 41.3 Å². The highest BCUT2D eigenvalue weighted by Crippen LogP contribution is 2.29. The van der Waals surface area contributed by atoms with Crippen molar-refractivity contribution >= 4 is 23.6 Å². The smallest absolute Gasteiger partial charge is 0.341 e. The third kappa shape index (κ3) is 4.46. The molecule has 0 fully saturated rings. The van der Waals surface area contributed by atoms with Gasteiger partial charge in [0.25, 0.3) is 5.91 Å². The van der Waals surface area contributed by atoms with E-state index in [4.69, 9.17) is 4.74 Å². The number of hydrogen-bond donors (Lipinski definition) is 2. The predicted octanol–water partition coefficient (Wildman–Crippen LogP) is 1.83. The highest BCUT2D eigenvalue weighted by Gasteiger charge is 2.35. The molecule has 0 bridgehead atoms. The second-order valence-electron chi connectivity index (χ2n) is 6.68. The van der Waals surface area contributed by atoms with Gasteiger partial charge >= 0.3 is 5.97 Å². The third-order valence-electron chi connectivity index (χ3n) is 4.74. The van der Waals surface area contributed by atoms with Crippen LogP contribution >= 0.6 is 11.8 Å². The topological polar surface area (TPSA) is 109 Å². The molecule has 3 rings (SSSR count). The number of fused-ring (bicyclic) bond motifs is 1. The molecule has 1 aromatic heterocycles. The molecule has 0 aliphatic carbocycles. The van der Waals surface area contributed by atoms with E-state index < -0.39 is 28.6 Å². The number of carbonyl (C=O) groups is 2. The minimum absolute atomic E-state index is 0.173. The van der Waals surface area contributed by atoms with Gasteiger partial charge in [0.2, 0.25) is 5.43 Å². The first-order chi connectivity index (χ1) is 13.9. The number of aromatic nitrogens is 1. The number of hydrogen-bond acceptors (Lipinski definition) is 6. The van der Waals surface area contributed by atoms with Gasteiger partial charge < -0.3 is 24.4 Å².